The Labute approximate surface area is 136 Å². The van der Waals surface area contributed by atoms with Crippen molar-refractivity contribution in [2.75, 3.05) is 5.32 Å². The summed E-state index contributed by atoms with van der Waals surface area (Å²) in [7, 11) is 0. The molecule has 1 aromatic heterocycles. The number of rotatable bonds is 2. The van der Waals surface area contributed by atoms with Gasteiger partial charge in [-0.05, 0) is 43.7 Å². The average molecular weight is 301 g/mol. The van der Waals surface area contributed by atoms with E-state index >= 15 is 0 Å². The third-order valence-corrected chi connectivity index (χ3v) is 4.15. The first-order chi connectivity index (χ1) is 11.2. The molecular formula is C20H19N3. The fourth-order valence-electron chi connectivity index (χ4n) is 3.04. The molecule has 0 saturated heterocycles. The zero-order valence-electron chi connectivity index (χ0n) is 13.3. The molecule has 0 saturated carbocycles. The Bertz CT molecular complexity index is 875. The SMILES string of the molecule is Cc1ccc2c(c1)-c1cc(C)nn1C(C=Cc1ccccc1)N2. The van der Waals surface area contributed by atoms with Gasteiger partial charge < -0.3 is 5.32 Å². The van der Waals surface area contributed by atoms with Crippen LogP contribution in [0.3, 0.4) is 0 Å². The van der Waals surface area contributed by atoms with Gasteiger partial charge in [0.2, 0.25) is 0 Å². The summed E-state index contributed by atoms with van der Waals surface area (Å²) in [6.45, 7) is 4.16. The van der Waals surface area contributed by atoms with E-state index < -0.39 is 0 Å². The van der Waals surface area contributed by atoms with E-state index in [9.17, 15) is 0 Å². The van der Waals surface area contributed by atoms with Crippen LogP contribution < -0.4 is 5.32 Å². The van der Waals surface area contributed by atoms with Crippen molar-refractivity contribution in [2.45, 2.75) is 20.0 Å². The summed E-state index contributed by atoms with van der Waals surface area (Å²) >= 11 is 0. The summed E-state index contributed by atoms with van der Waals surface area (Å²) < 4.78 is 2.07. The summed E-state index contributed by atoms with van der Waals surface area (Å²) in [5.74, 6) is 0. The Kier molecular flexibility index (Phi) is 3.27. The maximum Gasteiger partial charge on any atom is 0.140 e. The standard InChI is InChI=1S/C20H19N3/c1-14-8-10-18-17(12-14)19-13-15(2)22-23(19)20(21-18)11-9-16-6-4-3-5-7-16/h3-13,20-21H,1-2H3. The van der Waals surface area contributed by atoms with Gasteiger partial charge in [0.1, 0.15) is 6.17 Å². The van der Waals surface area contributed by atoms with Crippen LogP contribution in [0.15, 0.2) is 60.7 Å². The molecule has 23 heavy (non-hydrogen) atoms. The summed E-state index contributed by atoms with van der Waals surface area (Å²) in [5, 5.41) is 8.25. The lowest BCUT2D eigenvalue weighted by atomic mass is 10.0. The molecule has 0 fully saturated rings. The van der Waals surface area contributed by atoms with Crippen molar-refractivity contribution < 1.29 is 0 Å². The zero-order chi connectivity index (χ0) is 15.8. The van der Waals surface area contributed by atoms with Crippen molar-refractivity contribution in [1.29, 1.82) is 0 Å². The smallest absolute Gasteiger partial charge is 0.140 e. The van der Waals surface area contributed by atoms with Gasteiger partial charge >= 0.3 is 0 Å². The third kappa shape index (κ3) is 2.55. The maximum atomic E-state index is 4.68. The fourth-order valence-corrected chi connectivity index (χ4v) is 3.04. The molecule has 3 nitrogen and oxygen atoms in total. The molecule has 0 amide bonds. The van der Waals surface area contributed by atoms with Crippen molar-refractivity contribution in [3.8, 4) is 11.3 Å². The molecule has 1 unspecified atom stereocenters. The second-order valence-corrected chi connectivity index (χ2v) is 6.02. The van der Waals surface area contributed by atoms with Gasteiger partial charge in [-0.25, -0.2) is 4.68 Å². The van der Waals surface area contributed by atoms with Crippen LogP contribution >= 0.6 is 0 Å². The first-order valence-electron chi connectivity index (χ1n) is 7.88. The molecule has 0 spiro atoms. The molecule has 1 atom stereocenters. The average Bonchev–Trinajstić information content (AvgIpc) is 2.96. The van der Waals surface area contributed by atoms with E-state index in [0.29, 0.717) is 0 Å². The lowest BCUT2D eigenvalue weighted by Crippen LogP contribution is -2.22. The summed E-state index contributed by atoms with van der Waals surface area (Å²) in [4.78, 5) is 0. The molecule has 1 aliphatic rings. The van der Waals surface area contributed by atoms with Crippen molar-refractivity contribution in [2.24, 2.45) is 0 Å². The van der Waals surface area contributed by atoms with Gasteiger partial charge in [0, 0.05) is 11.3 Å². The molecule has 0 aliphatic carbocycles. The van der Waals surface area contributed by atoms with Gasteiger partial charge in [0.05, 0.1) is 11.4 Å². The van der Waals surface area contributed by atoms with Crippen LogP contribution in [0.4, 0.5) is 5.69 Å². The van der Waals surface area contributed by atoms with Gasteiger partial charge in [0.25, 0.3) is 0 Å². The largest absolute Gasteiger partial charge is 0.360 e. The molecule has 3 heteroatoms. The highest BCUT2D eigenvalue weighted by Gasteiger charge is 2.23. The van der Waals surface area contributed by atoms with E-state index in [1.54, 1.807) is 0 Å². The van der Waals surface area contributed by atoms with Crippen molar-refractivity contribution in [3.63, 3.8) is 0 Å². The van der Waals surface area contributed by atoms with Gasteiger partial charge in [-0.3, -0.25) is 0 Å². The van der Waals surface area contributed by atoms with Crippen molar-refractivity contribution >= 4 is 11.8 Å². The summed E-state index contributed by atoms with van der Waals surface area (Å²) in [6.07, 6.45) is 4.32. The molecule has 3 aromatic rings. The molecule has 0 radical (unpaired) electrons. The Hall–Kier alpha value is -2.81. The van der Waals surface area contributed by atoms with E-state index in [1.165, 1.54) is 22.4 Å². The van der Waals surface area contributed by atoms with Gasteiger partial charge in [-0.15, -0.1) is 0 Å². The number of hydrogen-bond acceptors (Lipinski definition) is 2. The molecule has 1 N–H and O–H groups in total. The van der Waals surface area contributed by atoms with Gasteiger partial charge in [-0.2, -0.15) is 5.10 Å². The molecular weight excluding hydrogens is 282 g/mol. The summed E-state index contributed by atoms with van der Waals surface area (Å²) in [5.41, 5.74) is 7.03. The first kappa shape index (κ1) is 13.8. The minimum Gasteiger partial charge on any atom is -0.360 e. The first-order valence-corrected chi connectivity index (χ1v) is 7.88. The Morgan fingerprint density at radius 2 is 1.87 bits per heavy atom. The predicted molar refractivity (Wildman–Crippen MR) is 95.3 cm³/mol. The quantitative estimate of drug-likeness (QED) is 0.736. The van der Waals surface area contributed by atoms with E-state index in [2.05, 4.69) is 82.7 Å². The molecule has 1 aliphatic heterocycles. The third-order valence-electron chi connectivity index (χ3n) is 4.15. The van der Waals surface area contributed by atoms with Gasteiger partial charge in [0.15, 0.2) is 0 Å². The highest BCUT2D eigenvalue weighted by atomic mass is 15.4. The van der Waals surface area contributed by atoms with E-state index in [4.69, 9.17) is 0 Å². The number of fused-ring (bicyclic) bond motifs is 3. The lowest BCUT2D eigenvalue weighted by Gasteiger charge is -2.27. The normalized spacial score (nSPS) is 16.0. The number of anilines is 1. The van der Waals surface area contributed by atoms with Crippen LogP contribution in [0.5, 0.6) is 0 Å². The topological polar surface area (TPSA) is 29.9 Å². The highest BCUT2D eigenvalue weighted by Crippen LogP contribution is 2.37. The number of aryl methyl sites for hydroxylation is 2. The summed E-state index contributed by atoms with van der Waals surface area (Å²) in [6, 6.07) is 19.0. The molecule has 2 heterocycles. The molecule has 4 rings (SSSR count). The van der Waals surface area contributed by atoms with Crippen molar-refractivity contribution in [3.05, 3.63) is 77.5 Å². The second-order valence-electron chi connectivity index (χ2n) is 6.02. The predicted octanol–water partition coefficient (Wildman–Crippen LogP) is 4.80. The number of nitrogens with zero attached hydrogens (tertiary/aromatic N) is 2. The van der Waals surface area contributed by atoms with E-state index in [0.717, 1.165) is 11.4 Å². The number of benzene rings is 2. The van der Waals surface area contributed by atoms with Crippen LogP contribution in [0.25, 0.3) is 17.3 Å². The Morgan fingerprint density at radius 3 is 2.70 bits per heavy atom. The number of hydrogen-bond donors (Lipinski definition) is 1. The highest BCUT2D eigenvalue weighted by molar-refractivity contribution is 5.79. The second kappa shape index (κ2) is 5.43. The Morgan fingerprint density at radius 1 is 1.04 bits per heavy atom. The fraction of sp³-hybridized carbons (Fsp3) is 0.150. The van der Waals surface area contributed by atoms with Crippen LogP contribution in [0, 0.1) is 13.8 Å². The van der Waals surface area contributed by atoms with Gasteiger partial charge in [-0.1, -0.05) is 48.0 Å². The zero-order valence-corrected chi connectivity index (χ0v) is 13.3. The van der Waals surface area contributed by atoms with E-state index in [-0.39, 0.29) is 6.17 Å². The minimum absolute atomic E-state index is 0.0223. The van der Waals surface area contributed by atoms with Crippen LogP contribution in [-0.4, -0.2) is 9.78 Å². The van der Waals surface area contributed by atoms with E-state index in [1.807, 2.05) is 13.0 Å². The minimum atomic E-state index is 0.0223. The number of nitrogens with one attached hydrogen (secondary N) is 1. The molecule has 114 valence electrons. The van der Waals surface area contributed by atoms with Crippen molar-refractivity contribution in [1.82, 2.24) is 9.78 Å². The Balaban J connectivity index is 1.76. The molecule has 2 aromatic carbocycles. The van der Waals surface area contributed by atoms with Crippen LogP contribution in [-0.2, 0) is 0 Å². The number of aromatic nitrogens is 2. The van der Waals surface area contributed by atoms with Crippen LogP contribution in [0.1, 0.15) is 23.0 Å². The monoisotopic (exact) mass is 301 g/mol. The lowest BCUT2D eigenvalue weighted by molar-refractivity contribution is 0.588. The molecule has 0 bridgehead atoms. The maximum absolute atomic E-state index is 4.68. The van der Waals surface area contributed by atoms with Crippen LogP contribution in [0.2, 0.25) is 0 Å².